The summed E-state index contributed by atoms with van der Waals surface area (Å²) in [5.74, 6) is -0.202. The molecule has 0 aliphatic carbocycles. The Balaban J connectivity index is 4.52. The maximum atomic E-state index is 12.8. The first-order valence-electron chi connectivity index (χ1n) is 19.7. The second kappa shape index (κ2) is 31.9. The molecule has 0 aromatic heterocycles. The minimum Gasteiger partial charge on any atom is -0.756 e. The number of phosphoric ester groups is 1. The maximum absolute atomic E-state index is 12.8. The average Bonchev–Trinajstić information content (AvgIpc) is 3.02. The summed E-state index contributed by atoms with van der Waals surface area (Å²) in [6.07, 6.45) is 35.0. The van der Waals surface area contributed by atoms with Crippen molar-refractivity contribution >= 4 is 13.7 Å². The Bertz CT molecular complexity index is 845. The van der Waals surface area contributed by atoms with E-state index in [0.29, 0.717) is 17.4 Å². The molecular weight excluding hydrogens is 623 g/mol. The molecule has 0 spiro atoms. The Morgan fingerprint density at radius 2 is 1.19 bits per heavy atom. The summed E-state index contributed by atoms with van der Waals surface area (Å²) < 4.78 is 23.1. The normalized spacial score (nSPS) is 14.9. The molecule has 0 radical (unpaired) electrons. The molecule has 0 fully saturated rings. The second-order valence-corrected chi connectivity index (χ2v) is 16.0. The highest BCUT2D eigenvalue weighted by Crippen LogP contribution is 2.38. The molecule has 0 bridgehead atoms. The number of unbranched alkanes of at least 4 members (excludes halogenated alkanes) is 20. The number of carbonyl (C=O) groups excluding carboxylic acids is 1. The van der Waals surface area contributed by atoms with Crippen LogP contribution in [0.5, 0.6) is 0 Å². The molecule has 1 unspecified atom stereocenters. The summed E-state index contributed by atoms with van der Waals surface area (Å²) >= 11 is 0. The Morgan fingerprint density at radius 3 is 1.71 bits per heavy atom. The van der Waals surface area contributed by atoms with Crippen molar-refractivity contribution in [2.24, 2.45) is 0 Å². The molecule has 3 atom stereocenters. The van der Waals surface area contributed by atoms with Gasteiger partial charge in [0.05, 0.1) is 39.9 Å². The minimum absolute atomic E-state index is 0.00118. The van der Waals surface area contributed by atoms with Crippen molar-refractivity contribution < 1.29 is 32.9 Å². The summed E-state index contributed by atoms with van der Waals surface area (Å²) in [5, 5.41) is 13.7. The van der Waals surface area contributed by atoms with Crippen LogP contribution in [0.1, 0.15) is 168 Å². The highest BCUT2D eigenvalue weighted by molar-refractivity contribution is 7.45. The van der Waals surface area contributed by atoms with Gasteiger partial charge >= 0.3 is 0 Å². The lowest BCUT2D eigenvalue weighted by Gasteiger charge is -2.29. The monoisotopic (exact) mass is 701 g/mol. The highest BCUT2D eigenvalue weighted by atomic mass is 31.2. The van der Waals surface area contributed by atoms with Gasteiger partial charge in [-0.15, -0.1) is 0 Å². The molecule has 0 saturated heterocycles. The number of hydrogen-bond donors (Lipinski definition) is 2. The zero-order valence-electron chi connectivity index (χ0n) is 31.9. The number of hydrogen-bond acceptors (Lipinski definition) is 6. The number of carbonyl (C=O) groups is 1. The van der Waals surface area contributed by atoms with Crippen molar-refractivity contribution in [2.45, 2.75) is 180 Å². The lowest BCUT2D eigenvalue weighted by atomic mass is 10.0. The van der Waals surface area contributed by atoms with Gasteiger partial charge in [0.25, 0.3) is 7.82 Å². The van der Waals surface area contributed by atoms with Crippen LogP contribution in [0, 0.1) is 0 Å². The SMILES string of the molecule is CCC/C=C/CCCCCCCC/C=C/[C@@H](O)[C@H](COP(=O)([O-])OCC[N+](C)(C)C)NC(=O)CCCCCCCCCCCCCCC. The summed E-state index contributed by atoms with van der Waals surface area (Å²) in [4.78, 5) is 25.2. The molecule has 284 valence electrons. The van der Waals surface area contributed by atoms with Crippen LogP contribution in [-0.4, -0.2) is 68.5 Å². The van der Waals surface area contributed by atoms with Crippen LogP contribution in [0.15, 0.2) is 24.3 Å². The van der Waals surface area contributed by atoms with E-state index in [1.54, 1.807) is 6.08 Å². The van der Waals surface area contributed by atoms with Crippen LogP contribution in [0.25, 0.3) is 0 Å². The van der Waals surface area contributed by atoms with Gasteiger partial charge in [-0.3, -0.25) is 9.36 Å². The molecule has 8 nitrogen and oxygen atoms in total. The Hall–Kier alpha value is -1.02. The lowest BCUT2D eigenvalue weighted by molar-refractivity contribution is -0.870. The Kier molecular flexibility index (Phi) is 31.2. The van der Waals surface area contributed by atoms with E-state index in [9.17, 15) is 19.4 Å². The number of quaternary nitrogens is 1. The van der Waals surface area contributed by atoms with Crippen molar-refractivity contribution in [3.8, 4) is 0 Å². The quantitative estimate of drug-likeness (QED) is 0.0295. The van der Waals surface area contributed by atoms with Gasteiger partial charge in [-0.2, -0.15) is 0 Å². The zero-order chi connectivity index (χ0) is 35.8. The molecule has 9 heteroatoms. The van der Waals surface area contributed by atoms with Gasteiger partial charge in [0.1, 0.15) is 13.2 Å². The van der Waals surface area contributed by atoms with Crippen molar-refractivity contribution in [2.75, 3.05) is 40.9 Å². The topological polar surface area (TPSA) is 108 Å². The average molecular weight is 701 g/mol. The summed E-state index contributed by atoms with van der Waals surface area (Å²) in [6, 6.07) is -0.883. The van der Waals surface area contributed by atoms with E-state index in [1.807, 2.05) is 27.2 Å². The maximum Gasteiger partial charge on any atom is 0.268 e. The largest absolute Gasteiger partial charge is 0.756 e. The van der Waals surface area contributed by atoms with Crippen molar-refractivity contribution in [3.63, 3.8) is 0 Å². The van der Waals surface area contributed by atoms with E-state index < -0.39 is 20.0 Å². The molecule has 2 N–H and O–H groups in total. The standard InChI is InChI=1S/C39H77N2O6P/c1-6-8-10-12-14-16-18-20-22-24-26-28-30-32-38(42)37(36-47-48(44,45)46-35-34-41(3,4)5)40-39(43)33-31-29-27-25-23-21-19-17-15-13-11-9-7-2/h10,12,30,32,37-38,42H,6-9,11,13-29,31,33-36H2,1-5H3,(H-,40,43,44,45)/b12-10+,32-30+/t37-,38+/m0/s1. The molecule has 0 aliphatic heterocycles. The van der Waals surface area contributed by atoms with E-state index in [0.717, 1.165) is 38.5 Å². The fraction of sp³-hybridized carbons (Fsp3) is 0.872. The van der Waals surface area contributed by atoms with E-state index in [4.69, 9.17) is 9.05 Å². The number of rotatable bonds is 35. The molecule has 0 saturated carbocycles. The van der Waals surface area contributed by atoms with Crippen LogP contribution in [0.2, 0.25) is 0 Å². The molecule has 0 aliphatic rings. The smallest absolute Gasteiger partial charge is 0.268 e. The fourth-order valence-corrected chi connectivity index (χ4v) is 6.17. The molecule has 48 heavy (non-hydrogen) atoms. The lowest BCUT2D eigenvalue weighted by Crippen LogP contribution is -2.45. The van der Waals surface area contributed by atoms with Crippen LogP contribution < -0.4 is 10.2 Å². The van der Waals surface area contributed by atoms with Crippen LogP contribution in [0.3, 0.4) is 0 Å². The number of aliphatic hydroxyl groups excluding tert-OH is 1. The molecule has 0 heterocycles. The minimum atomic E-state index is -4.58. The first kappa shape index (κ1) is 47.0. The van der Waals surface area contributed by atoms with Gasteiger partial charge in [0.2, 0.25) is 5.91 Å². The third-order valence-electron chi connectivity index (χ3n) is 8.64. The van der Waals surface area contributed by atoms with Gasteiger partial charge in [-0.25, -0.2) is 0 Å². The fourth-order valence-electron chi connectivity index (χ4n) is 5.45. The number of likely N-dealkylation sites (N-methyl/N-ethyl adjacent to an activating group) is 1. The number of amides is 1. The molecule has 0 rings (SSSR count). The number of phosphoric acid groups is 1. The molecule has 0 aromatic carbocycles. The van der Waals surface area contributed by atoms with Crippen molar-refractivity contribution in [1.82, 2.24) is 5.32 Å². The second-order valence-electron chi connectivity index (χ2n) is 14.6. The van der Waals surface area contributed by atoms with Gasteiger partial charge in [0.15, 0.2) is 0 Å². The number of allylic oxidation sites excluding steroid dienone is 3. The van der Waals surface area contributed by atoms with Crippen LogP contribution in [0.4, 0.5) is 0 Å². The third kappa shape index (κ3) is 33.5. The summed E-state index contributed by atoms with van der Waals surface area (Å²) in [5.41, 5.74) is 0. The van der Waals surface area contributed by atoms with Gasteiger partial charge < -0.3 is 28.8 Å². The summed E-state index contributed by atoms with van der Waals surface area (Å²) in [6.45, 7) is 4.57. The van der Waals surface area contributed by atoms with Gasteiger partial charge in [-0.1, -0.05) is 147 Å². The first-order valence-corrected chi connectivity index (χ1v) is 21.2. The Morgan fingerprint density at radius 1 is 0.708 bits per heavy atom. The van der Waals surface area contributed by atoms with Crippen LogP contribution >= 0.6 is 7.82 Å². The molecule has 0 aromatic rings. The molecule has 1 amide bonds. The van der Waals surface area contributed by atoms with E-state index in [-0.39, 0.29) is 19.1 Å². The van der Waals surface area contributed by atoms with Crippen LogP contribution in [-0.2, 0) is 18.4 Å². The van der Waals surface area contributed by atoms with E-state index in [1.165, 1.54) is 109 Å². The Labute approximate surface area is 296 Å². The van der Waals surface area contributed by atoms with E-state index >= 15 is 0 Å². The van der Waals surface area contributed by atoms with Gasteiger partial charge in [-0.05, 0) is 38.5 Å². The zero-order valence-corrected chi connectivity index (χ0v) is 32.8. The predicted molar refractivity (Wildman–Crippen MR) is 201 cm³/mol. The van der Waals surface area contributed by atoms with E-state index in [2.05, 4.69) is 31.3 Å². The first-order chi connectivity index (χ1) is 23.0. The third-order valence-corrected chi connectivity index (χ3v) is 9.60. The number of aliphatic hydroxyl groups is 1. The van der Waals surface area contributed by atoms with Gasteiger partial charge in [0, 0.05) is 6.42 Å². The number of nitrogens with one attached hydrogen (secondary N) is 1. The van der Waals surface area contributed by atoms with Crippen molar-refractivity contribution in [1.29, 1.82) is 0 Å². The predicted octanol–water partition coefficient (Wildman–Crippen LogP) is 9.55. The summed E-state index contributed by atoms with van der Waals surface area (Å²) in [7, 11) is 1.26. The van der Waals surface area contributed by atoms with Crippen molar-refractivity contribution in [3.05, 3.63) is 24.3 Å². The molecular formula is C39H77N2O6P. The highest BCUT2D eigenvalue weighted by Gasteiger charge is 2.23. The number of nitrogens with zero attached hydrogens (tertiary/aromatic N) is 1.